The lowest BCUT2D eigenvalue weighted by Crippen LogP contribution is -2.05. The fraction of sp³-hybridized carbons (Fsp3) is 0. The van der Waals surface area contributed by atoms with Gasteiger partial charge in [-0.05, 0) is 18.2 Å². The van der Waals surface area contributed by atoms with Crippen molar-refractivity contribution in [3.05, 3.63) is 60.9 Å². The van der Waals surface area contributed by atoms with E-state index in [1.54, 1.807) is 0 Å². The van der Waals surface area contributed by atoms with Crippen LogP contribution in [0.3, 0.4) is 0 Å². The van der Waals surface area contributed by atoms with E-state index < -0.39 is 0 Å². The number of aromatic nitrogens is 5. The Morgan fingerprint density at radius 3 is 1.81 bits per heavy atom. The average Bonchev–Trinajstić information content (AvgIpc) is 2.90. The van der Waals surface area contributed by atoms with Crippen LogP contribution >= 0.6 is 0 Å². The Bertz CT molecular complexity index is 900. The molecule has 0 saturated heterocycles. The molecule has 0 aliphatic carbocycles. The second-order valence-corrected chi connectivity index (χ2v) is 4.63. The standard InChI is InChI=1S/C16H11N5/c1-2-15-17-19-16(20-18-15)21-13-9-5-3-7-11(13)12-8-4-6-10-14(12)21/h2-10H,1H2. The maximum atomic E-state index is 4.16. The van der Waals surface area contributed by atoms with Gasteiger partial charge < -0.3 is 0 Å². The van der Waals surface area contributed by atoms with Crippen LogP contribution in [0.15, 0.2) is 55.1 Å². The van der Waals surface area contributed by atoms with Gasteiger partial charge in [0.2, 0.25) is 0 Å². The molecule has 0 aliphatic rings. The Labute approximate surface area is 120 Å². The number of para-hydroxylation sites is 2. The molecule has 0 unspecified atom stereocenters. The summed E-state index contributed by atoms with van der Waals surface area (Å²) in [5.41, 5.74) is 2.07. The Balaban J connectivity index is 2.11. The zero-order valence-corrected chi connectivity index (χ0v) is 11.1. The van der Waals surface area contributed by atoms with E-state index in [1.807, 2.05) is 41.0 Å². The number of rotatable bonds is 2. The molecule has 0 bridgehead atoms. The summed E-state index contributed by atoms with van der Waals surface area (Å²) in [7, 11) is 0. The van der Waals surface area contributed by atoms with Gasteiger partial charge in [0.15, 0.2) is 5.82 Å². The van der Waals surface area contributed by atoms with Crippen molar-refractivity contribution < 1.29 is 0 Å². The Morgan fingerprint density at radius 2 is 1.29 bits per heavy atom. The van der Waals surface area contributed by atoms with Crippen LogP contribution in [0.4, 0.5) is 0 Å². The Kier molecular flexibility index (Phi) is 2.50. The molecule has 0 spiro atoms. The van der Waals surface area contributed by atoms with Gasteiger partial charge in [-0.3, -0.25) is 4.57 Å². The molecule has 0 fully saturated rings. The predicted octanol–water partition coefficient (Wildman–Crippen LogP) is 3.01. The van der Waals surface area contributed by atoms with Gasteiger partial charge in [0.05, 0.1) is 11.0 Å². The van der Waals surface area contributed by atoms with Gasteiger partial charge in [0.25, 0.3) is 5.95 Å². The number of nitrogens with zero attached hydrogens (tertiary/aromatic N) is 5. The first kappa shape index (κ1) is 11.7. The first-order valence-electron chi connectivity index (χ1n) is 6.57. The maximum Gasteiger partial charge on any atom is 0.273 e. The van der Waals surface area contributed by atoms with Crippen molar-refractivity contribution in [2.24, 2.45) is 0 Å². The molecule has 4 aromatic rings. The van der Waals surface area contributed by atoms with E-state index in [2.05, 4.69) is 39.1 Å². The summed E-state index contributed by atoms with van der Waals surface area (Å²) in [4.78, 5) is 0. The van der Waals surface area contributed by atoms with Gasteiger partial charge in [0.1, 0.15) is 0 Å². The SMILES string of the molecule is C=Cc1nnc(-n2c3ccccc3c3ccccc32)nn1. The normalized spacial score (nSPS) is 11.0. The van der Waals surface area contributed by atoms with Gasteiger partial charge in [-0.2, -0.15) is 0 Å². The summed E-state index contributed by atoms with van der Waals surface area (Å²) in [5.74, 6) is 0.873. The van der Waals surface area contributed by atoms with Crippen molar-refractivity contribution in [3.8, 4) is 5.95 Å². The molecule has 5 heteroatoms. The van der Waals surface area contributed by atoms with Crippen molar-refractivity contribution in [2.75, 3.05) is 0 Å². The summed E-state index contributed by atoms with van der Waals surface area (Å²) in [6.07, 6.45) is 1.52. The molecule has 21 heavy (non-hydrogen) atoms. The van der Waals surface area contributed by atoms with Gasteiger partial charge >= 0.3 is 0 Å². The second-order valence-electron chi connectivity index (χ2n) is 4.63. The fourth-order valence-electron chi connectivity index (χ4n) is 2.54. The van der Waals surface area contributed by atoms with Crippen molar-refractivity contribution in [3.63, 3.8) is 0 Å². The molecule has 5 nitrogen and oxygen atoms in total. The first-order chi connectivity index (χ1) is 10.4. The summed E-state index contributed by atoms with van der Waals surface area (Å²) in [5, 5.41) is 18.6. The first-order valence-corrected chi connectivity index (χ1v) is 6.57. The molecule has 2 heterocycles. The quantitative estimate of drug-likeness (QED) is 0.563. The van der Waals surface area contributed by atoms with Crippen LogP contribution in [-0.2, 0) is 0 Å². The molecular weight excluding hydrogens is 262 g/mol. The molecule has 0 atom stereocenters. The third-order valence-corrected chi connectivity index (χ3v) is 3.45. The highest BCUT2D eigenvalue weighted by atomic mass is 15.4. The summed E-state index contributed by atoms with van der Waals surface area (Å²) in [6, 6.07) is 16.3. The van der Waals surface area contributed by atoms with Crippen molar-refractivity contribution in [1.82, 2.24) is 25.0 Å². The van der Waals surface area contributed by atoms with Crippen LogP contribution in [0, 0.1) is 0 Å². The van der Waals surface area contributed by atoms with E-state index in [0.717, 1.165) is 21.8 Å². The monoisotopic (exact) mass is 273 g/mol. The highest BCUT2D eigenvalue weighted by molar-refractivity contribution is 6.08. The van der Waals surface area contributed by atoms with Crippen LogP contribution < -0.4 is 0 Å². The zero-order chi connectivity index (χ0) is 14.2. The Morgan fingerprint density at radius 1 is 0.762 bits per heavy atom. The molecule has 0 saturated carbocycles. The molecule has 0 amide bonds. The summed E-state index contributed by atoms with van der Waals surface area (Å²) >= 11 is 0. The van der Waals surface area contributed by atoms with E-state index >= 15 is 0 Å². The van der Waals surface area contributed by atoms with Crippen molar-refractivity contribution >= 4 is 27.9 Å². The van der Waals surface area contributed by atoms with Gasteiger partial charge in [-0.1, -0.05) is 43.0 Å². The molecule has 0 radical (unpaired) electrons. The molecule has 4 rings (SSSR count). The summed E-state index contributed by atoms with van der Waals surface area (Å²) < 4.78 is 1.97. The lowest BCUT2D eigenvalue weighted by Gasteiger charge is -2.03. The molecule has 2 aromatic heterocycles. The van der Waals surface area contributed by atoms with Crippen molar-refractivity contribution in [2.45, 2.75) is 0 Å². The zero-order valence-electron chi connectivity index (χ0n) is 11.1. The Hall–Kier alpha value is -3.08. The molecule has 2 aromatic carbocycles. The average molecular weight is 273 g/mol. The van der Waals surface area contributed by atoms with Crippen molar-refractivity contribution in [1.29, 1.82) is 0 Å². The fourth-order valence-corrected chi connectivity index (χ4v) is 2.54. The smallest absolute Gasteiger partial charge is 0.273 e. The number of benzene rings is 2. The van der Waals surface area contributed by atoms with Crippen LogP contribution in [0.1, 0.15) is 5.82 Å². The van der Waals surface area contributed by atoms with Gasteiger partial charge in [0, 0.05) is 10.8 Å². The van der Waals surface area contributed by atoms with Crippen LogP contribution in [0.2, 0.25) is 0 Å². The third-order valence-electron chi connectivity index (χ3n) is 3.45. The molecule has 100 valence electrons. The highest BCUT2D eigenvalue weighted by Crippen LogP contribution is 2.30. The molecular formula is C16H11N5. The summed E-state index contributed by atoms with van der Waals surface area (Å²) in [6.45, 7) is 3.61. The minimum Gasteiger partial charge on any atom is -0.275 e. The maximum absolute atomic E-state index is 4.16. The van der Waals surface area contributed by atoms with Crippen LogP contribution in [0.5, 0.6) is 0 Å². The third kappa shape index (κ3) is 1.71. The number of fused-ring (bicyclic) bond motifs is 3. The van der Waals surface area contributed by atoms with E-state index in [-0.39, 0.29) is 0 Å². The second kappa shape index (κ2) is 4.49. The molecule has 0 aliphatic heterocycles. The minimum absolute atomic E-state index is 0.416. The van der Waals surface area contributed by atoms with E-state index in [1.165, 1.54) is 6.08 Å². The largest absolute Gasteiger partial charge is 0.275 e. The van der Waals surface area contributed by atoms with Gasteiger partial charge in [-0.25, -0.2) is 0 Å². The molecule has 0 N–H and O–H groups in total. The predicted molar refractivity (Wildman–Crippen MR) is 82.1 cm³/mol. The number of hydrogen-bond acceptors (Lipinski definition) is 4. The van der Waals surface area contributed by atoms with Crippen LogP contribution in [0.25, 0.3) is 33.8 Å². The minimum atomic E-state index is 0.416. The van der Waals surface area contributed by atoms with E-state index in [9.17, 15) is 0 Å². The topological polar surface area (TPSA) is 56.5 Å². The lowest BCUT2D eigenvalue weighted by molar-refractivity contribution is 0.791. The van der Waals surface area contributed by atoms with Gasteiger partial charge in [-0.15, -0.1) is 20.4 Å². The lowest BCUT2D eigenvalue weighted by atomic mass is 10.2. The van der Waals surface area contributed by atoms with E-state index in [0.29, 0.717) is 11.8 Å². The highest BCUT2D eigenvalue weighted by Gasteiger charge is 2.13. The number of hydrogen-bond donors (Lipinski definition) is 0. The van der Waals surface area contributed by atoms with E-state index in [4.69, 9.17) is 0 Å². The van der Waals surface area contributed by atoms with Crippen LogP contribution in [-0.4, -0.2) is 25.0 Å².